The number of hydrogen-bond acceptors (Lipinski definition) is 9. The van der Waals surface area contributed by atoms with Crippen LogP contribution in [-0.4, -0.2) is 72.0 Å². The van der Waals surface area contributed by atoms with Crippen molar-refractivity contribution < 1.29 is 43.0 Å². The lowest BCUT2D eigenvalue weighted by Crippen LogP contribution is -2.61. The quantitative estimate of drug-likeness (QED) is 0.0332. The molecule has 87 heavy (non-hydrogen) atoms. The van der Waals surface area contributed by atoms with Gasteiger partial charge in [-0.2, -0.15) is 0 Å². The Hall–Kier alpha value is -3.04. The molecule has 0 aliphatic carbocycles. The van der Waals surface area contributed by atoms with E-state index < -0.39 is 0 Å². The molecule has 0 aromatic carbocycles. The molecule has 518 valence electrons. The van der Waals surface area contributed by atoms with Crippen LogP contribution in [0.4, 0.5) is 0 Å². The van der Waals surface area contributed by atoms with Crippen LogP contribution < -0.4 is 0 Å². The Morgan fingerprint density at radius 1 is 0.437 bits per heavy atom. The van der Waals surface area contributed by atoms with Gasteiger partial charge in [0.1, 0.15) is 24.0 Å². The summed E-state index contributed by atoms with van der Waals surface area (Å²) in [7, 11) is 0. The summed E-state index contributed by atoms with van der Waals surface area (Å²) in [5, 5.41) is 0. The van der Waals surface area contributed by atoms with Crippen LogP contribution in [0.2, 0.25) is 0 Å². The van der Waals surface area contributed by atoms with Crippen molar-refractivity contribution in [2.45, 2.75) is 388 Å². The minimum Gasteiger partial charge on any atom is -0.502 e. The summed E-state index contributed by atoms with van der Waals surface area (Å²) in [5.74, 6) is 1.96. The summed E-state index contributed by atoms with van der Waals surface area (Å²) in [4.78, 5) is 73.1. The predicted octanol–water partition coefficient (Wildman–Crippen LogP) is 23.0. The summed E-state index contributed by atoms with van der Waals surface area (Å²) in [5.41, 5.74) is 0.500. The molecule has 0 spiro atoms. The Balaban J connectivity index is -0.000000339. The topological polar surface area (TPSA) is 133 Å². The highest BCUT2D eigenvalue weighted by atomic mass is 16.5. The molecule has 10 nitrogen and oxygen atoms in total. The maximum absolute atomic E-state index is 12.4. The van der Waals surface area contributed by atoms with E-state index in [0.29, 0.717) is 48.1 Å². The number of carbonyl (C=O) groups is 6. The summed E-state index contributed by atoms with van der Waals surface area (Å²) in [6.45, 7) is 46.8. The van der Waals surface area contributed by atoms with Gasteiger partial charge in [0.15, 0.2) is 0 Å². The molecule has 1 amide bonds. The van der Waals surface area contributed by atoms with E-state index in [1.54, 1.807) is 0 Å². The highest BCUT2D eigenvalue weighted by molar-refractivity contribution is 5.81. The van der Waals surface area contributed by atoms with Crippen LogP contribution in [0.15, 0.2) is 12.8 Å². The summed E-state index contributed by atoms with van der Waals surface area (Å²) in [6.07, 6.45) is 42.9. The minimum absolute atomic E-state index is 0.0148. The maximum atomic E-state index is 12.4. The fourth-order valence-electron chi connectivity index (χ4n) is 9.38. The summed E-state index contributed by atoms with van der Waals surface area (Å²) >= 11 is 0. The van der Waals surface area contributed by atoms with Crippen molar-refractivity contribution in [1.29, 1.82) is 0 Å². The highest BCUT2D eigenvalue weighted by Crippen LogP contribution is 2.30. The van der Waals surface area contributed by atoms with Gasteiger partial charge in [-0.1, -0.05) is 286 Å². The Morgan fingerprint density at radius 2 is 0.782 bits per heavy atom. The number of esters is 2. The molecule has 0 saturated carbocycles. The smallest absolute Gasteiger partial charge is 0.306 e. The molecule has 1 fully saturated rings. The van der Waals surface area contributed by atoms with E-state index in [4.69, 9.17) is 14.2 Å². The van der Waals surface area contributed by atoms with E-state index in [1.165, 1.54) is 141 Å². The first kappa shape index (κ1) is 92.7. The van der Waals surface area contributed by atoms with Gasteiger partial charge in [-0.25, -0.2) is 0 Å². The third-order valence-corrected chi connectivity index (χ3v) is 16.5. The van der Waals surface area contributed by atoms with Crippen molar-refractivity contribution in [1.82, 2.24) is 4.90 Å². The first-order chi connectivity index (χ1) is 41.3. The highest BCUT2D eigenvalue weighted by Gasteiger charge is 2.41. The Morgan fingerprint density at radius 3 is 1.11 bits per heavy atom. The average Bonchev–Trinajstić information content (AvgIpc) is 2.66. The van der Waals surface area contributed by atoms with Crippen LogP contribution in [0.25, 0.3) is 0 Å². The van der Waals surface area contributed by atoms with E-state index in [9.17, 15) is 28.8 Å². The van der Waals surface area contributed by atoms with E-state index in [1.807, 2.05) is 53.4 Å². The van der Waals surface area contributed by atoms with Crippen molar-refractivity contribution in [3.8, 4) is 0 Å². The summed E-state index contributed by atoms with van der Waals surface area (Å²) in [6, 6.07) is 0.243. The molecule has 0 radical (unpaired) electrons. The molecule has 0 aromatic heterocycles. The Kier molecular flexibility index (Phi) is 70.2. The lowest BCUT2D eigenvalue weighted by Gasteiger charge is -2.49. The largest absolute Gasteiger partial charge is 0.502 e. The number of amides is 1. The Bertz CT molecular complexity index is 1540. The second-order valence-electron chi connectivity index (χ2n) is 27.3. The van der Waals surface area contributed by atoms with E-state index in [0.717, 1.165) is 83.5 Å². The van der Waals surface area contributed by atoms with Gasteiger partial charge < -0.3 is 19.1 Å². The van der Waals surface area contributed by atoms with Crippen molar-refractivity contribution in [3.63, 3.8) is 0 Å². The number of carbonyl (C=O) groups excluding carboxylic acids is 6. The molecule has 1 rings (SSSR count). The third-order valence-electron chi connectivity index (χ3n) is 16.5. The van der Waals surface area contributed by atoms with Crippen LogP contribution in [0.5, 0.6) is 0 Å². The maximum Gasteiger partial charge on any atom is 0.306 e. The van der Waals surface area contributed by atoms with E-state index in [2.05, 4.69) is 96.6 Å². The number of ether oxygens (including phenoxy) is 3. The molecular formula is C77H151NO9. The number of hydrogen-bond donors (Lipinski definition) is 0. The molecule has 1 saturated heterocycles. The molecular weight excluding hydrogens is 1080 g/mol. The van der Waals surface area contributed by atoms with Crippen LogP contribution in [-0.2, 0) is 43.0 Å². The van der Waals surface area contributed by atoms with Gasteiger partial charge in [-0.3, -0.25) is 28.8 Å². The molecule has 1 heterocycles. The Labute approximate surface area is 542 Å². The zero-order valence-corrected chi connectivity index (χ0v) is 61.8. The van der Waals surface area contributed by atoms with Gasteiger partial charge in [0, 0.05) is 61.3 Å². The lowest BCUT2D eigenvalue weighted by molar-refractivity contribution is -0.160. The van der Waals surface area contributed by atoms with E-state index in [-0.39, 0.29) is 79.2 Å². The monoisotopic (exact) mass is 1230 g/mol. The third kappa shape index (κ3) is 62.9. The zero-order chi connectivity index (χ0) is 67.3. The number of nitrogens with zero attached hydrogens (tertiary/aromatic N) is 1. The summed E-state index contributed by atoms with van der Waals surface area (Å²) < 4.78 is 16.0. The van der Waals surface area contributed by atoms with Crippen molar-refractivity contribution in [3.05, 3.63) is 12.8 Å². The van der Waals surface area contributed by atoms with Gasteiger partial charge in [-0.05, 0) is 75.5 Å². The molecule has 0 bridgehead atoms. The van der Waals surface area contributed by atoms with Gasteiger partial charge in [0.2, 0.25) is 5.91 Å². The molecule has 10 heteroatoms. The number of Topliss-reactive ketones (excluding diaryl/α,β-unsaturated/α-hetero) is 3. The SMILES string of the molecule is C=COCC(CC)CC(=O)C(C)CC.CC(C)(C)C.CCCCCCCCC.CCCCCCCCC(=O)C(C)CC.CCCCCCCCC(=O)C(C)CC.CCCCCCCCC(=O)OCC(CC)CC(=O)OCC1CC(CC)N1C(=O)C(C)C. The predicted molar refractivity (Wildman–Crippen MR) is 375 cm³/mol. The van der Waals surface area contributed by atoms with Crippen LogP contribution in [0.1, 0.15) is 376 Å². The van der Waals surface area contributed by atoms with Crippen molar-refractivity contribution in [2.24, 2.45) is 40.9 Å². The molecule has 7 unspecified atom stereocenters. The number of likely N-dealkylation sites (tertiary alicyclic amines) is 1. The molecule has 7 atom stereocenters. The first-order valence-electron chi connectivity index (χ1n) is 36.8. The molecule has 1 aliphatic rings. The minimum atomic E-state index is -0.282. The lowest BCUT2D eigenvalue weighted by atomic mass is 9.89. The molecule has 0 N–H and O–H groups in total. The van der Waals surface area contributed by atoms with E-state index >= 15 is 0 Å². The standard InChI is InChI=1S/C25H45NO5.2C13H26O.C12H22O2.C9H20.C5H12/c1-6-9-10-11-12-13-14-23(27)30-17-20(7-2)15-24(28)31-18-22-16-21(8-3)26(22)25(29)19(4)5;2*1-4-6-7-8-9-10-11-13(14)12(3)5-2;1-5-10(4)12(13)8-11(6-2)9-14-7-3;1-3-5-7-9-8-6-4-2;1-5(2,3)4/h19-22H,6-18H2,1-5H3;2*12H,4-11H2,1-3H3;7,10-11H,3,5-6,8-9H2,1-2,4H3;3-9H2,1-2H3;1-4H3. The first-order valence-corrected chi connectivity index (χ1v) is 36.8. The second-order valence-corrected chi connectivity index (χ2v) is 27.3. The van der Waals surface area contributed by atoms with Crippen LogP contribution >= 0.6 is 0 Å². The average molecular weight is 1240 g/mol. The van der Waals surface area contributed by atoms with Gasteiger partial charge >= 0.3 is 11.9 Å². The van der Waals surface area contributed by atoms with Gasteiger partial charge in [0.05, 0.1) is 31.9 Å². The second kappa shape index (κ2) is 65.9. The van der Waals surface area contributed by atoms with Crippen LogP contribution in [0, 0.1) is 40.9 Å². The van der Waals surface area contributed by atoms with Gasteiger partial charge in [0.25, 0.3) is 0 Å². The normalized spacial score (nSPS) is 15.0. The fraction of sp³-hybridized carbons (Fsp3) is 0.896. The molecule has 1 aliphatic heterocycles. The van der Waals surface area contributed by atoms with Crippen molar-refractivity contribution in [2.75, 3.05) is 19.8 Å². The van der Waals surface area contributed by atoms with Crippen molar-refractivity contribution >= 4 is 35.2 Å². The zero-order valence-electron chi connectivity index (χ0n) is 61.8. The fourth-order valence-corrected chi connectivity index (χ4v) is 9.38. The number of unbranched alkanes of at least 4 members (excludes halogenated alkanes) is 21. The number of ketones is 3. The number of rotatable bonds is 48. The molecule has 0 aromatic rings. The van der Waals surface area contributed by atoms with Crippen LogP contribution in [0.3, 0.4) is 0 Å². The van der Waals surface area contributed by atoms with Gasteiger partial charge in [-0.15, -0.1) is 0 Å².